The fraction of sp³-hybridized carbons (Fsp3) is 0.136. The molecule has 0 saturated carbocycles. The van der Waals surface area contributed by atoms with Crippen molar-refractivity contribution in [3.8, 4) is 5.75 Å². The standard InChI is InChI=1S/C22H18Cl2N2O4S/c23-16-9-6-10-17(24)21(16)25-22(27)20-13-26(18-11-4-5-12-19(18)30-20)31(28,29)14-15-7-2-1-3-8-15/h1-12,20H,13-14H2,(H,25,27). The number of rotatable bonds is 5. The minimum Gasteiger partial charge on any atom is -0.476 e. The maximum Gasteiger partial charge on any atom is 0.267 e. The number of anilines is 2. The first-order valence-electron chi connectivity index (χ1n) is 9.40. The number of sulfonamides is 1. The van der Waals surface area contributed by atoms with E-state index in [-0.39, 0.29) is 28.0 Å². The van der Waals surface area contributed by atoms with E-state index >= 15 is 0 Å². The molecule has 4 rings (SSSR count). The number of ether oxygens (including phenoxy) is 1. The zero-order valence-electron chi connectivity index (χ0n) is 16.2. The van der Waals surface area contributed by atoms with Crippen molar-refractivity contribution in [1.82, 2.24) is 0 Å². The summed E-state index contributed by atoms with van der Waals surface area (Å²) in [6.45, 7) is -0.180. The molecule has 1 amide bonds. The van der Waals surface area contributed by atoms with Gasteiger partial charge < -0.3 is 10.1 Å². The third-order valence-corrected chi connectivity index (χ3v) is 7.11. The molecule has 0 aliphatic carbocycles. The molecule has 9 heteroatoms. The molecule has 1 aliphatic rings. The molecule has 1 atom stereocenters. The van der Waals surface area contributed by atoms with Crippen LogP contribution in [-0.2, 0) is 20.6 Å². The summed E-state index contributed by atoms with van der Waals surface area (Å²) in [7, 11) is -3.78. The van der Waals surface area contributed by atoms with Crippen LogP contribution in [0.2, 0.25) is 10.0 Å². The van der Waals surface area contributed by atoms with Crippen molar-refractivity contribution in [3.05, 3.63) is 88.4 Å². The Kier molecular flexibility index (Phi) is 6.09. The molecule has 0 bridgehead atoms. The maximum absolute atomic E-state index is 13.2. The molecule has 31 heavy (non-hydrogen) atoms. The van der Waals surface area contributed by atoms with E-state index in [9.17, 15) is 13.2 Å². The minimum absolute atomic E-state index is 0.180. The number of carbonyl (C=O) groups excluding carboxylic acids is 1. The third-order valence-electron chi connectivity index (χ3n) is 4.77. The van der Waals surface area contributed by atoms with Gasteiger partial charge in [0.05, 0.1) is 33.7 Å². The van der Waals surface area contributed by atoms with E-state index < -0.39 is 22.0 Å². The van der Waals surface area contributed by atoms with Crippen molar-refractivity contribution < 1.29 is 17.9 Å². The molecule has 1 unspecified atom stereocenters. The SMILES string of the molecule is O=C(Nc1c(Cl)cccc1Cl)C1CN(S(=O)(=O)Cc2ccccc2)c2ccccc2O1. The van der Waals surface area contributed by atoms with E-state index in [1.54, 1.807) is 66.7 Å². The fourth-order valence-electron chi connectivity index (χ4n) is 3.29. The van der Waals surface area contributed by atoms with Gasteiger partial charge in [-0.2, -0.15) is 0 Å². The van der Waals surface area contributed by atoms with Crippen molar-refractivity contribution >= 4 is 50.5 Å². The van der Waals surface area contributed by atoms with Gasteiger partial charge in [-0.15, -0.1) is 0 Å². The zero-order chi connectivity index (χ0) is 22.0. The minimum atomic E-state index is -3.78. The number of hydrogen-bond donors (Lipinski definition) is 1. The second kappa shape index (κ2) is 8.78. The number of amides is 1. The summed E-state index contributed by atoms with van der Waals surface area (Å²) < 4.78 is 33.5. The van der Waals surface area contributed by atoms with Crippen LogP contribution in [0.15, 0.2) is 72.8 Å². The molecule has 3 aromatic rings. The number of nitrogens with zero attached hydrogens (tertiary/aromatic N) is 1. The molecular formula is C22H18Cl2N2O4S. The number of halogens is 2. The summed E-state index contributed by atoms with van der Waals surface area (Å²) in [5, 5.41) is 3.19. The Morgan fingerprint density at radius 2 is 1.61 bits per heavy atom. The van der Waals surface area contributed by atoms with Crippen molar-refractivity contribution in [2.75, 3.05) is 16.2 Å². The van der Waals surface area contributed by atoms with Crippen LogP contribution in [-0.4, -0.2) is 27.0 Å². The Hall–Kier alpha value is -2.74. The van der Waals surface area contributed by atoms with Crippen molar-refractivity contribution in [1.29, 1.82) is 0 Å². The summed E-state index contributed by atoms with van der Waals surface area (Å²) in [4.78, 5) is 12.9. The van der Waals surface area contributed by atoms with E-state index in [2.05, 4.69) is 5.32 Å². The summed E-state index contributed by atoms with van der Waals surface area (Å²) in [6, 6.07) is 20.4. The molecule has 0 aromatic heterocycles. The Bertz CT molecular complexity index is 1200. The fourth-order valence-corrected chi connectivity index (χ4v) is 5.36. The Morgan fingerprint density at radius 1 is 0.968 bits per heavy atom. The number of fused-ring (bicyclic) bond motifs is 1. The number of nitrogens with one attached hydrogen (secondary N) is 1. The predicted molar refractivity (Wildman–Crippen MR) is 122 cm³/mol. The molecule has 1 aliphatic heterocycles. The molecule has 0 spiro atoms. The molecule has 1 heterocycles. The molecule has 160 valence electrons. The van der Waals surface area contributed by atoms with Gasteiger partial charge in [-0.05, 0) is 29.8 Å². The second-order valence-corrected chi connectivity index (χ2v) is 9.64. The van der Waals surface area contributed by atoms with Gasteiger partial charge in [-0.25, -0.2) is 8.42 Å². The van der Waals surface area contributed by atoms with E-state index in [1.165, 1.54) is 4.31 Å². The molecule has 0 fully saturated rings. The predicted octanol–water partition coefficient (Wildman–Crippen LogP) is 4.73. The van der Waals surface area contributed by atoms with Crippen LogP contribution in [0.5, 0.6) is 5.75 Å². The highest BCUT2D eigenvalue weighted by atomic mass is 35.5. The van der Waals surface area contributed by atoms with Gasteiger partial charge in [-0.3, -0.25) is 9.10 Å². The average Bonchev–Trinajstić information content (AvgIpc) is 2.76. The number of hydrogen-bond acceptors (Lipinski definition) is 4. The Morgan fingerprint density at radius 3 is 2.32 bits per heavy atom. The normalized spacial score (nSPS) is 15.7. The van der Waals surface area contributed by atoms with Gasteiger partial charge in [0.25, 0.3) is 5.91 Å². The van der Waals surface area contributed by atoms with Crippen LogP contribution in [0.4, 0.5) is 11.4 Å². The topological polar surface area (TPSA) is 75.7 Å². The maximum atomic E-state index is 13.2. The lowest BCUT2D eigenvalue weighted by Gasteiger charge is -2.34. The lowest BCUT2D eigenvalue weighted by Crippen LogP contribution is -2.49. The van der Waals surface area contributed by atoms with E-state index in [0.717, 1.165) is 0 Å². The van der Waals surface area contributed by atoms with E-state index in [4.69, 9.17) is 27.9 Å². The highest BCUT2D eigenvalue weighted by Crippen LogP contribution is 2.36. The highest BCUT2D eigenvalue weighted by Gasteiger charge is 2.37. The van der Waals surface area contributed by atoms with Crippen LogP contribution in [0, 0.1) is 0 Å². The monoisotopic (exact) mass is 476 g/mol. The van der Waals surface area contributed by atoms with Crippen molar-refractivity contribution in [3.63, 3.8) is 0 Å². The largest absolute Gasteiger partial charge is 0.476 e. The molecule has 3 aromatic carbocycles. The van der Waals surface area contributed by atoms with Gasteiger partial charge in [0, 0.05) is 0 Å². The van der Waals surface area contributed by atoms with Crippen LogP contribution in [0.25, 0.3) is 0 Å². The van der Waals surface area contributed by atoms with Crippen molar-refractivity contribution in [2.45, 2.75) is 11.9 Å². The van der Waals surface area contributed by atoms with Gasteiger partial charge in [0.2, 0.25) is 10.0 Å². The summed E-state index contributed by atoms with van der Waals surface area (Å²) >= 11 is 12.3. The third kappa shape index (κ3) is 4.63. The highest BCUT2D eigenvalue weighted by molar-refractivity contribution is 7.92. The van der Waals surface area contributed by atoms with Gasteiger partial charge in [-0.1, -0.05) is 71.7 Å². The molecular weight excluding hydrogens is 459 g/mol. The van der Waals surface area contributed by atoms with E-state index in [0.29, 0.717) is 17.0 Å². The first-order chi connectivity index (χ1) is 14.8. The number of benzene rings is 3. The number of carbonyl (C=O) groups is 1. The smallest absolute Gasteiger partial charge is 0.267 e. The van der Waals surface area contributed by atoms with E-state index in [1.807, 2.05) is 6.07 Å². The van der Waals surface area contributed by atoms with Gasteiger partial charge >= 0.3 is 0 Å². The summed E-state index contributed by atoms with van der Waals surface area (Å²) in [6.07, 6.45) is -1.09. The molecule has 6 nitrogen and oxygen atoms in total. The summed E-state index contributed by atoms with van der Waals surface area (Å²) in [5.41, 5.74) is 1.28. The van der Waals surface area contributed by atoms with Gasteiger partial charge in [0.15, 0.2) is 6.10 Å². The second-order valence-electron chi connectivity index (χ2n) is 6.93. The lowest BCUT2D eigenvalue weighted by atomic mass is 10.2. The first-order valence-corrected chi connectivity index (χ1v) is 11.8. The summed E-state index contributed by atoms with van der Waals surface area (Å²) in [5.74, 6) is -0.451. The van der Waals surface area contributed by atoms with Crippen LogP contribution >= 0.6 is 23.2 Å². The Balaban J connectivity index is 1.63. The van der Waals surface area contributed by atoms with Crippen LogP contribution < -0.4 is 14.4 Å². The van der Waals surface area contributed by atoms with Crippen LogP contribution in [0.1, 0.15) is 5.56 Å². The zero-order valence-corrected chi connectivity index (χ0v) is 18.5. The quantitative estimate of drug-likeness (QED) is 0.577. The average molecular weight is 477 g/mol. The van der Waals surface area contributed by atoms with Crippen molar-refractivity contribution in [2.24, 2.45) is 0 Å². The molecule has 0 radical (unpaired) electrons. The molecule has 1 N–H and O–H groups in total. The first kappa shape index (κ1) is 21.5. The Labute approximate surface area is 190 Å². The molecule has 0 saturated heterocycles. The lowest BCUT2D eigenvalue weighted by molar-refractivity contribution is -0.122. The van der Waals surface area contributed by atoms with Gasteiger partial charge in [0.1, 0.15) is 5.75 Å². The number of para-hydroxylation sites is 3. The van der Waals surface area contributed by atoms with Crippen LogP contribution in [0.3, 0.4) is 0 Å².